The molecule has 10 heteroatoms. The molecule has 2 aromatic rings. The molecule has 0 aromatic heterocycles. The first-order valence-electron chi connectivity index (χ1n) is 7.78. The predicted octanol–water partition coefficient (Wildman–Crippen LogP) is 3.58. The van der Waals surface area contributed by atoms with Crippen LogP contribution in [0.5, 0.6) is 0 Å². The van der Waals surface area contributed by atoms with Crippen LogP contribution in [0.2, 0.25) is 10.0 Å². The SMILES string of the molecule is O=S(=O)(Nc1cc(Cl)ccc1Cl)c1ccc(S(=O)(=O)N2CCCC2)cc1. The van der Waals surface area contributed by atoms with Gasteiger partial charge < -0.3 is 0 Å². The second-order valence-electron chi connectivity index (χ2n) is 5.81. The maximum Gasteiger partial charge on any atom is 0.261 e. The van der Waals surface area contributed by atoms with Crippen LogP contribution in [0.15, 0.2) is 52.3 Å². The number of nitrogens with one attached hydrogen (secondary N) is 1. The molecule has 6 nitrogen and oxygen atoms in total. The fraction of sp³-hybridized carbons (Fsp3) is 0.250. The summed E-state index contributed by atoms with van der Waals surface area (Å²) in [7, 11) is -7.53. The van der Waals surface area contributed by atoms with E-state index in [1.165, 1.54) is 40.7 Å². The van der Waals surface area contributed by atoms with Crippen molar-refractivity contribution in [1.29, 1.82) is 0 Å². The molecule has 0 spiro atoms. The molecular formula is C16H16Cl2N2O4S2. The van der Waals surface area contributed by atoms with Crippen molar-refractivity contribution in [1.82, 2.24) is 4.31 Å². The third-order valence-electron chi connectivity index (χ3n) is 4.01. The number of nitrogens with zero attached hydrogens (tertiary/aromatic N) is 1. The van der Waals surface area contributed by atoms with Crippen molar-refractivity contribution < 1.29 is 16.8 Å². The lowest BCUT2D eigenvalue weighted by Gasteiger charge is -2.16. The number of halogens is 2. The first kappa shape index (κ1) is 19.4. The predicted molar refractivity (Wildman–Crippen MR) is 102 cm³/mol. The zero-order valence-corrected chi connectivity index (χ0v) is 16.7. The summed E-state index contributed by atoms with van der Waals surface area (Å²) in [4.78, 5) is -0.00643. The van der Waals surface area contributed by atoms with Gasteiger partial charge in [0.25, 0.3) is 10.0 Å². The Morgan fingerprint density at radius 1 is 0.846 bits per heavy atom. The van der Waals surface area contributed by atoms with Crippen molar-refractivity contribution in [3.8, 4) is 0 Å². The van der Waals surface area contributed by atoms with E-state index in [0.717, 1.165) is 12.8 Å². The highest BCUT2D eigenvalue weighted by atomic mass is 35.5. The van der Waals surface area contributed by atoms with E-state index >= 15 is 0 Å². The van der Waals surface area contributed by atoms with Crippen molar-refractivity contribution in [2.45, 2.75) is 22.6 Å². The van der Waals surface area contributed by atoms with Crippen molar-refractivity contribution in [2.24, 2.45) is 0 Å². The second-order valence-corrected chi connectivity index (χ2v) is 10.3. The topological polar surface area (TPSA) is 83.5 Å². The summed E-state index contributed by atoms with van der Waals surface area (Å²) >= 11 is 11.8. The van der Waals surface area contributed by atoms with Gasteiger partial charge in [0.2, 0.25) is 10.0 Å². The minimum absolute atomic E-state index is 0.0686. The second kappa shape index (κ2) is 7.36. The summed E-state index contributed by atoms with van der Waals surface area (Å²) in [5, 5.41) is 0.533. The van der Waals surface area contributed by atoms with Crippen molar-refractivity contribution in [3.05, 3.63) is 52.5 Å². The maximum absolute atomic E-state index is 12.5. The fourth-order valence-electron chi connectivity index (χ4n) is 2.65. The van der Waals surface area contributed by atoms with Gasteiger partial charge in [0.05, 0.1) is 20.5 Å². The summed E-state index contributed by atoms with van der Waals surface area (Å²) in [5.74, 6) is 0. The van der Waals surface area contributed by atoms with E-state index in [0.29, 0.717) is 18.1 Å². The number of rotatable bonds is 5. The Morgan fingerprint density at radius 2 is 1.42 bits per heavy atom. The molecule has 26 heavy (non-hydrogen) atoms. The molecule has 3 rings (SSSR count). The molecule has 0 atom stereocenters. The highest BCUT2D eigenvalue weighted by Gasteiger charge is 2.27. The van der Waals surface area contributed by atoms with Gasteiger partial charge in [-0.2, -0.15) is 4.31 Å². The van der Waals surface area contributed by atoms with Crippen LogP contribution in [0.3, 0.4) is 0 Å². The molecule has 140 valence electrons. The molecule has 1 heterocycles. The lowest BCUT2D eigenvalue weighted by molar-refractivity contribution is 0.477. The molecule has 1 aliphatic heterocycles. The zero-order valence-electron chi connectivity index (χ0n) is 13.5. The van der Waals surface area contributed by atoms with Gasteiger partial charge in [0, 0.05) is 18.1 Å². The first-order valence-corrected chi connectivity index (χ1v) is 11.5. The van der Waals surface area contributed by atoms with Crippen molar-refractivity contribution in [3.63, 3.8) is 0 Å². The number of hydrogen-bond acceptors (Lipinski definition) is 4. The molecule has 0 saturated carbocycles. The van der Waals surface area contributed by atoms with E-state index in [1.54, 1.807) is 6.07 Å². The molecule has 1 fully saturated rings. The van der Waals surface area contributed by atoms with Gasteiger partial charge in [-0.25, -0.2) is 16.8 Å². The van der Waals surface area contributed by atoms with Gasteiger partial charge in [0.15, 0.2) is 0 Å². The maximum atomic E-state index is 12.5. The minimum atomic E-state index is -3.94. The minimum Gasteiger partial charge on any atom is -0.278 e. The molecule has 0 radical (unpaired) electrons. The van der Waals surface area contributed by atoms with Crippen LogP contribution >= 0.6 is 23.2 Å². The first-order chi connectivity index (χ1) is 12.2. The molecule has 1 N–H and O–H groups in total. The van der Waals surface area contributed by atoms with E-state index in [1.807, 2.05) is 0 Å². The fourth-order valence-corrected chi connectivity index (χ4v) is 5.63. The number of hydrogen-bond donors (Lipinski definition) is 1. The Balaban J connectivity index is 1.86. The van der Waals surface area contributed by atoms with E-state index in [4.69, 9.17) is 23.2 Å². The van der Waals surface area contributed by atoms with Crippen LogP contribution in [-0.2, 0) is 20.0 Å². The molecule has 0 amide bonds. The Labute approximate surface area is 162 Å². The average Bonchev–Trinajstić information content (AvgIpc) is 3.13. The highest BCUT2D eigenvalue weighted by molar-refractivity contribution is 7.92. The summed E-state index contributed by atoms with van der Waals surface area (Å²) in [6, 6.07) is 9.51. The Kier molecular flexibility index (Phi) is 5.50. The van der Waals surface area contributed by atoms with Crippen molar-refractivity contribution >= 4 is 48.9 Å². The van der Waals surface area contributed by atoms with Crippen LogP contribution in [-0.4, -0.2) is 34.2 Å². The molecular weight excluding hydrogens is 419 g/mol. The lowest BCUT2D eigenvalue weighted by atomic mass is 10.3. The normalized spacial score (nSPS) is 15.9. The molecule has 1 aliphatic rings. The van der Waals surface area contributed by atoms with Crippen LogP contribution in [0.4, 0.5) is 5.69 Å². The monoisotopic (exact) mass is 434 g/mol. The summed E-state index contributed by atoms with van der Waals surface area (Å²) in [6.45, 7) is 0.967. The van der Waals surface area contributed by atoms with Gasteiger partial charge in [-0.15, -0.1) is 0 Å². The average molecular weight is 435 g/mol. The summed E-state index contributed by atoms with van der Waals surface area (Å²) < 4.78 is 53.8. The largest absolute Gasteiger partial charge is 0.278 e. The van der Waals surface area contributed by atoms with Crippen molar-refractivity contribution in [2.75, 3.05) is 17.8 Å². The lowest BCUT2D eigenvalue weighted by Crippen LogP contribution is -2.27. The molecule has 0 unspecified atom stereocenters. The third-order valence-corrected chi connectivity index (χ3v) is 7.87. The van der Waals surface area contributed by atoms with Crippen LogP contribution in [0.1, 0.15) is 12.8 Å². The van der Waals surface area contributed by atoms with Crippen LogP contribution in [0.25, 0.3) is 0 Å². The molecule has 2 aromatic carbocycles. The van der Waals surface area contributed by atoms with E-state index < -0.39 is 20.0 Å². The Hall–Kier alpha value is -1.32. The van der Waals surface area contributed by atoms with Gasteiger partial charge in [-0.3, -0.25) is 4.72 Å². The van der Waals surface area contributed by atoms with Gasteiger partial charge in [0.1, 0.15) is 0 Å². The smallest absolute Gasteiger partial charge is 0.261 e. The quantitative estimate of drug-likeness (QED) is 0.778. The Morgan fingerprint density at radius 3 is 2.04 bits per heavy atom. The Bertz CT molecular complexity index is 1020. The zero-order chi connectivity index (χ0) is 18.9. The third kappa shape index (κ3) is 3.99. The van der Waals surface area contributed by atoms with E-state index in [2.05, 4.69) is 4.72 Å². The summed E-state index contributed by atoms with van der Waals surface area (Å²) in [5.41, 5.74) is 0.146. The number of benzene rings is 2. The standard InChI is InChI=1S/C16H16Cl2N2O4S2/c17-12-3-8-15(18)16(11-12)19-25(21,22)13-4-6-14(7-5-13)26(23,24)20-9-1-2-10-20/h3-8,11,19H,1-2,9-10H2. The molecule has 0 aliphatic carbocycles. The van der Waals surface area contributed by atoms with Crippen LogP contribution < -0.4 is 4.72 Å². The summed E-state index contributed by atoms with van der Waals surface area (Å²) in [6.07, 6.45) is 1.66. The number of anilines is 1. The van der Waals surface area contributed by atoms with Crippen LogP contribution in [0, 0.1) is 0 Å². The molecule has 0 bridgehead atoms. The van der Waals surface area contributed by atoms with Gasteiger partial charge in [-0.05, 0) is 55.3 Å². The van der Waals surface area contributed by atoms with Gasteiger partial charge >= 0.3 is 0 Å². The molecule has 1 saturated heterocycles. The van der Waals surface area contributed by atoms with E-state index in [-0.39, 0.29) is 20.5 Å². The number of sulfonamides is 2. The van der Waals surface area contributed by atoms with Gasteiger partial charge in [-0.1, -0.05) is 23.2 Å². The highest BCUT2D eigenvalue weighted by Crippen LogP contribution is 2.28. The van der Waals surface area contributed by atoms with E-state index in [9.17, 15) is 16.8 Å².